The maximum atomic E-state index is 12.0. The zero-order valence-corrected chi connectivity index (χ0v) is 24.6. The van der Waals surface area contributed by atoms with Crippen LogP contribution in [0.15, 0.2) is 78.0 Å². The standard InChI is InChI=1S/C31H33N5O7S/c37-18-21-6-8-22(9-7-21)27-16-26(19-44-31-33-34-35-36(31)24-12-14-25(38)15-13-24)42-30(43-27)23-10-4-20(5-11-23)17-32-28(39)2-1-3-29(40)41/h4-15,26-27,30,37-38H,1-3,16-19H2,(H,32,39)(H,40,41)/t26-,27+,30+/m1/s1. The number of aliphatic carboxylic acids is 1. The van der Waals surface area contributed by atoms with Crippen LogP contribution in [-0.2, 0) is 32.2 Å². The Hall–Kier alpha value is -4.30. The number of carboxylic acids is 1. The summed E-state index contributed by atoms with van der Waals surface area (Å²) in [5, 5.41) is 43.3. The number of rotatable bonds is 13. The fraction of sp³-hybridized carbons (Fsp3) is 0.323. The maximum absolute atomic E-state index is 12.0. The Morgan fingerprint density at radius 2 is 1.64 bits per heavy atom. The summed E-state index contributed by atoms with van der Waals surface area (Å²) in [5.41, 5.74) is 4.22. The monoisotopic (exact) mass is 619 g/mol. The SMILES string of the molecule is O=C(O)CCCC(=O)NCc1ccc([C@H]2O[C@@H](CSc3nnnn3-c3ccc(O)cc3)C[C@@H](c3ccc(CO)cc3)O2)cc1. The number of nitrogens with zero attached hydrogens (tertiary/aromatic N) is 4. The highest BCUT2D eigenvalue weighted by molar-refractivity contribution is 7.99. The fourth-order valence-corrected chi connectivity index (χ4v) is 5.60. The molecule has 230 valence electrons. The van der Waals surface area contributed by atoms with Crippen molar-refractivity contribution in [3.63, 3.8) is 0 Å². The van der Waals surface area contributed by atoms with E-state index >= 15 is 0 Å². The molecule has 1 aliphatic heterocycles. The van der Waals surface area contributed by atoms with Gasteiger partial charge in [0.1, 0.15) is 5.75 Å². The van der Waals surface area contributed by atoms with Crippen LogP contribution >= 0.6 is 11.8 Å². The van der Waals surface area contributed by atoms with Crippen molar-refractivity contribution >= 4 is 23.6 Å². The van der Waals surface area contributed by atoms with Gasteiger partial charge in [-0.05, 0) is 57.8 Å². The summed E-state index contributed by atoms with van der Waals surface area (Å²) < 4.78 is 14.4. The predicted molar refractivity (Wildman–Crippen MR) is 160 cm³/mol. The summed E-state index contributed by atoms with van der Waals surface area (Å²) in [5.74, 6) is -0.405. The molecule has 2 heterocycles. The van der Waals surface area contributed by atoms with Crippen LogP contribution in [0.5, 0.6) is 5.75 Å². The van der Waals surface area contributed by atoms with Gasteiger partial charge < -0.3 is 30.1 Å². The lowest BCUT2D eigenvalue weighted by Crippen LogP contribution is -2.31. The van der Waals surface area contributed by atoms with Crippen LogP contribution in [0.1, 0.15) is 60.3 Å². The van der Waals surface area contributed by atoms with E-state index in [0.717, 1.165) is 27.9 Å². The highest BCUT2D eigenvalue weighted by atomic mass is 32.2. The third kappa shape index (κ3) is 8.41. The molecule has 4 aromatic rings. The Morgan fingerprint density at radius 3 is 2.34 bits per heavy atom. The maximum Gasteiger partial charge on any atom is 0.303 e. The van der Waals surface area contributed by atoms with E-state index in [2.05, 4.69) is 20.8 Å². The first-order valence-electron chi connectivity index (χ1n) is 14.2. The second kappa shape index (κ2) is 14.9. The Kier molecular flexibility index (Phi) is 10.6. The van der Waals surface area contributed by atoms with Crippen molar-refractivity contribution in [3.8, 4) is 11.4 Å². The second-order valence-electron chi connectivity index (χ2n) is 10.3. The number of carbonyl (C=O) groups excluding carboxylic acids is 1. The van der Waals surface area contributed by atoms with Gasteiger partial charge in [0.05, 0.1) is 24.5 Å². The number of carboxylic acid groups (broad SMARTS) is 1. The van der Waals surface area contributed by atoms with Crippen LogP contribution in [0.2, 0.25) is 0 Å². The molecule has 0 bridgehead atoms. The summed E-state index contributed by atoms with van der Waals surface area (Å²) in [7, 11) is 0. The number of hydrogen-bond donors (Lipinski definition) is 4. The van der Waals surface area contributed by atoms with Gasteiger partial charge in [0, 0.05) is 37.1 Å². The average molecular weight is 620 g/mol. The smallest absolute Gasteiger partial charge is 0.303 e. The van der Waals surface area contributed by atoms with Gasteiger partial charge >= 0.3 is 5.97 Å². The average Bonchev–Trinajstić information content (AvgIpc) is 3.52. The zero-order chi connectivity index (χ0) is 30.9. The lowest BCUT2D eigenvalue weighted by atomic mass is 10.0. The van der Waals surface area contributed by atoms with E-state index in [0.29, 0.717) is 30.3 Å². The van der Waals surface area contributed by atoms with Crippen LogP contribution in [0, 0.1) is 0 Å². The van der Waals surface area contributed by atoms with E-state index in [4.69, 9.17) is 14.6 Å². The number of ether oxygens (including phenoxy) is 2. The van der Waals surface area contributed by atoms with Crippen LogP contribution in [0.3, 0.4) is 0 Å². The van der Waals surface area contributed by atoms with Crippen molar-refractivity contribution in [1.82, 2.24) is 25.5 Å². The molecule has 3 aromatic carbocycles. The summed E-state index contributed by atoms with van der Waals surface area (Å²) in [6.07, 6.45) is -0.105. The van der Waals surface area contributed by atoms with Gasteiger partial charge in [-0.2, -0.15) is 4.68 Å². The van der Waals surface area contributed by atoms with E-state index < -0.39 is 12.3 Å². The molecule has 4 N–H and O–H groups in total. The number of benzene rings is 3. The first kappa shape index (κ1) is 31.1. The molecule has 3 atom stereocenters. The number of tetrazole rings is 1. The van der Waals surface area contributed by atoms with E-state index in [1.807, 2.05) is 48.5 Å². The summed E-state index contributed by atoms with van der Waals surface area (Å²) in [6.45, 7) is 0.287. The number of hydrogen-bond acceptors (Lipinski definition) is 10. The van der Waals surface area contributed by atoms with Crippen molar-refractivity contribution < 1.29 is 34.4 Å². The normalized spacial score (nSPS) is 18.2. The molecule has 1 amide bonds. The number of thioether (sulfide) groups is 1. The number of aliphatic hydroxyl groups excluding tert-OH is 1. The quantitative estimate of drug-likeness (QED) is 0.159. The number of amides is 1. The Balaban J connectivity index is 1.26. The van der Waals surface area contributed by atoms with Crippen molar-refractivity contribution in [3.05, 3.63) is 95.1 Å². The molecule has 12 nitrogen and oxygen atoms in total. The van der Waals surface area contributed by atoms with Crippen molar-refractivity contribution in [2.45, 2.75) is 62.5 Å². The molecule has 0 radical (unpaired) electrons. The lowest BCUT2D eigenvalue weighted by molar-refractivity contribution is -0.245. The molecule has 0 unspecified atom stereocenters. The van der Waals surface area contributed by atoms with Crippen molar-refractivity contribution in [1.29, 1.82) is 0 Å². The van der Waals surface area contributed by atoms with E-state index in [1.54, 1.807) is 28.9 Å². The van der Waals surface area contributed by atoms with Gasteiger partial charge in [-0.3, -0.25) is 9.59 Å². The number of aromatic hydroxyl groups is 1. The molecule has 44 heavy (non-hydrogen) atoms. The third-order valence-electron chi connectivity index (χ3n) is 7.08. The highest BCUT2D eigenvalue weighted by Crippen LogP contribution is 2.39. The summed E-state index contributed by atoms with van der Waals surface area (Å²) in [4.78, 5) is 22.7. The van der Waals surface area contributed by atoms with Crippen LogP contribution in [0.4, 0.5) is 0 Å². The minimum Gasteiger partial charge on any atom is -0.508 e. The highest BCUT2D eigenvalue weighted by Gasteiger charge is 2.32. The topological polar surface area (TPSA) is 169 Å². The fourth-order valence-electron chi connectivity index (χ4n) is 4.70. The Morgan fingerprint density at radius 1 is 0.932 bits per heavy atom. The number of phenols is 1. The molecule has 0 spiro atoms. The number of phenolic OH excluding ortho intramolecular Hbond substituents is 1. The molecule has 1 fully saturated rings. The summed E-state index contributed by atoms with van der Waals surface area (Å²) in [6, 6.07) is 21.9. The van der Waals surface area contributed by atoms with E-state index in [9.17, 15) is 19.8 Å². The predicted octanol–water partition coefficient (Wildman–Crippen LogP) is 4.07. The molecule has 1 aliphatic rings. The molecular formula is C31H33N5O7S. The van der Waals surface area contributed by atoms with Crippen LogP contribution < -0.4 is 5.32 Å². The van der Waals surface area contributed by atoms with E-state index in [1.165, 1.54) is 11.8 Å². The minimum atomic E-state index is -0.917. The van der Waals surface area contributed by atoms with Gasteiger partial charge in [-0.15, -0.1) is 5.10 Å². The van der Waals surface area contributed by atoms with Crippen LogP contribution in [0.25, 0.3) is 5.69 Å². The molecule has 5 rings (SSSR count). The Labute approximate surface area is 258 Å². The first-order chi connectivity index (χ1) is 21.4. The second-order valence-corrected chi connectivity index (χ2v) is 11.3. The molecule has 0 aliphatic carbocycles. The third-order valence-corrected chi connectivity index (χ3v) is 8.14. The van der Waals surface area contributed by atoms with Gasteiger partial charge in [0.25, 0.3) is 0 Å². The molecule has 1 saturated heterocycles. The molecule has 13 heteroatoms. The number of carbonyl (C=O) groups is 2. The molecular weight excluding hydrogens is 586 g/mol. The zero-order valence-electron chi connectivity index (χ0n) is 23.8. The van der Waals surface area contributed by atoms with Gasteiger partial charge in [0.15, 0.2) is 6.29 Å². The minimum absolute atomic E-state index is 0.0367. The number of nitrogens with one attached hydrogen (secondary N) is 1. The molecule has 1 aromatic heterocycles. The first-order valence-corrected chi connectivity index (χ1v) is 15.1. The van der Waals surface area contributed by atoms with Crippen LogP contribution in [-0.4, -0.2) is 59.3 Å². The van der Waals surface area contributed by atoms with Gasteiger partial charge in [-0.25, -0.2) is 0 Å². The van der Waals surface area contributed by atoms with Gasteiger partial charge in [0.2, 0.25) is 11.1 Å². The lowest BCUT2D eigenvalue weighted by Gasteiger charge is -2.36. The number of aromatic nitrogens is 4. The summed E-state index contributed by atoms with van der Waals surface area (Å²) >= 11 is 1.46. The van der Waals surface area contributed by atoms with Crippen molar-refractivity contribution in [2.24, 2.45) is 0 Å². The largest absolute Gasteiger partial charge is 0.508 e. The van der Waals surface area contributed by atoms with E-state index in [-0.39, 0.29) is 43.3 Å². The molecule has 0 saturated carbocycles. The van der Waals surface area contributed by atoms with Gasteiger partial charge in [-0.1, -0.05) is 60.3 Å². The number of aliphatic hydroxyl groups is 1. The Bertz CT molecular complexity index is 1530. The van der Waals surface area contributed by atoms with Crippen molar-refractivity contribution in [2.75, 3.05) is 5.75 Å².